The Bertz CT molecular complexity index is 1330. The third-order valence-corrected chi connectivity index (χ3v) is 8.15. The molecular weight excluding hydrogens is 481 g/mol. The first-order valence-corrected chi connectivity index (χ1v) is 12.7. The maximum absolute atomic E-state index is 14.9. The summed E-state index contributed by atoms with van der Waals surface area (Å²) in [5, 5.41) is -0.783. The number of rotatable bonds is 5. The summed E-state index contributed by atoms with van der Waals surface area (Å²) in [7, 11) is -1.74. The number of hydrogen-bond acceptors (Lipinski definition) is 5. The second kappa shape index (κ2) is 9.86. The number of carbonyl (C=O) groups is 1. The van der Waals surface area contributed by atoms with Crippen molar-refractivity contribution in [2.75, 3.05) is 26.3 Å². The SMILES string of the molecule is Cc1cc(C(=O)N2CCOCC2)ncc1C(c1cc(F)ccc1F)S(=O)(=O)c1ccc(P)cc1. The van der Waals surface area contributed by atoms with Crippen molar-refractivity contribution in [3.63, 3.8) is 0 Å². The molecule has 2 atom stereocenters. The van der Waals surface area contributed by atoms with E-state index in [1.165, 1.54) is 24.4 Å². The molecule has 0 aliphatic carbocycles. The van der Waals surface area contributed by atoms with Crippen LogP contribution in [-0.4, -0.2) is 50.5 Å². The lowest BCUT2D eigenvalue weighted by Crippen LogP contribution is -2.41. The Hall–Kier alpha value is -2.74. The topological polar surface area (TPSA) is 76.6 Å². The molecule has 0 bridgehead atoms. The first-order valence-electron chi connectivity index (χ1n) is 10.6. The van der Waals surface area contributed by atoms with Gasteiger partial charge in [0.2, 0.25) is 0 Å². The Morgan fingerprint density at radius 2 is 1.74 bits per heavy atom. The van der Waals surface area contributed by atoms with E-state index in [9.17, 15) is 22.0 Å². The van der Waals surface area contributed by atoms with Gasteiger partial charge >= 0.3 is 0 Å². The highest BCUT2D eigenvalue weighted by Gasteiger charge is 2.35. The standard InChI is InChI=1S/C24H23F2N2O4PS/c1-15-12-22(24(29)28-8-10-32-11-9-28)27-14-20(15)23(19-13-16(25)2-7-21(19)26)34(30,31)18-5-3-17(33)4-6-18/h2-7,12-14,23H,8-11,33H2,1H3. The monoisotopic (exact) mass is 504 g/mol. The Morgan fingerprint density at radius 1 is 1.06 bits per heavy atom. The summed E-state index contributed by atoms with van der Waals surface area (Å²) in [4.78, 5) is 18.6. The normalized spacial score (nSPS) is 15.2. The van der Waals surface area contributed by atoms with Crippen molar-refractivity contribution in [3.05, 3.63) is 88.7 Å². The molecule has 1 amide bonds. The predicted octanol–water partition coefficient (Wildman–Crippen LogP) is 3.20. The van der Waals surface area contributed by atoms with Crippen LogP contribution in [0, 0.1) is 18.6 Å². The number of hydrogen-bond donors (Lipinski definition) is 0. The van der Waals surface area contributed by atoms with Crippen LogP contribution in [0.4, 0.5) is 8.78 Å². The summed E-state index contributed by atoms with van der Waals surface area (Å²) in [6.07, 6.45) is 1.26. The number of morpholine rings is 1. The highest BCUT2D eigenvalue weighted by Crippen LogP contribution is 2.38. The number of halogens is 2. The number of sulfone groups is 1. The number of ether oxygens (including phenoxy) is 1. The summed E-state index contributed by atoms with van der Waals surface area (Å²) in [6, 6.07) is 10.2. The molecule has 1 saturated heterocycles. The Kier molecular flexibility index (Phi) is 7.07. The summed E-state index contributed by atoms with van der Waals surface area (Å²) in [5.41, 5.74) is 0.406. The zero-order valence-corrected chi connectivity index (χ0v) is 20.3. The van der Waals surface area contributed by atoms with Gasteiger partial charge in [-0.2, -0.15) is 0 Å². The lowest BCUT2D eigenvalue weighted by Gasteiger charge is -2.27. The van der Waals surface area contributed by atoms with Gasteiger partial charge < -0.3 is 9.64 Å². The molecule has 1 fully saturated rings. The smallest absolute Gasteiger partial charge is 0.272 e. The van der Waals surface area contributed by atoms with E-state index >= 15 is 0 Å². The van der Waals surface area contributed by atoms with E-state index in [4.69, 9.17) is 4.74 Å². The maximum atomic E-state index is 14.9. The molecule has 1 aliphatic rings. The first-order chi connectivity index (χ1) is 16.2. The van der Waals surface area contributed by atoms with E-state index in [1.807, 2.05) is 0 Å². The zero-order chi connectivity index (χ0) is 24.5. The average Bonchev–Trinajstić information content (AvgIpc) is 2.82. The number of carbonyl (C=O) groups excluding carboxylic acids is 1. The van der Waals surface area contributed by atoms with Crippen LogP contribution in [0.5, 0.6) is 0 Å². The lowest BCUT2D eigenvalue weighted by molar-refractivity contribution is 0.0299. The largest absolute Gasteiger partial charge is 0.378 e. The van der Waals surface area contributed by atoms with Gasteiger partial charge in [0.15, 0.2) is 9.84 Å². The van der Waals surface area contributed by atoms with Gasteiger partial charge in [-0.05, 0) is 59.8 Å². The molecule has 2 aromatic carbocycles. The highest BCUT2D eigenvalue weighted by molar-refractivity contribution is 7.92. The molecule has 0 saturated carbocycles. The van der Waals surface area contributed by atoms with E-state index in [0.717, 1.165) is 23.5 Å². The van der Waals surface area contributed by atoms with Crippen LogP contribution >= 0.6 is 9.24 Å². The molecule has 2 heterocycles. The fourth-order valence-corrected chi connectivity index (χ4v) is 5.97. The summed E-state index contributed by atoms with van der Waals surface area (Å²) < 4.78 is 61.7. The lowest BCUT2D eigenvalue weighted by atomic mass is 10.0. The quantitative estimate of drug-likeness (QED) is 0.499. The summed E-state index contributed by atoms with van der Waals surface area (Å²) in [5.74, 6) is -1.92. The van der Waals surface area contributed by atoms with E-state index in [-0.39, 0.29) is 27.6 Å². The Balaban J connectivity index is 1.83. The van der Waals surface area contributed by atoms with Crippen LogP contribution in [0.1, 0.15) is 32.4 Å². The van der Waals surface area contributed by atoms with Gasteiger partial charge in [0.25, 0.3) is 5.91 Å². The minimum absolute atomic E-state index is 0.0415. The molecule has 178 valence electrons. The average molecular weight is 504 g/mol. The molecule has 0 spiro atoms. The summed E-state index contributed by atoms with van der Waals surface area (Å²) in [6.45, 7) is 3.34. The fourth-order valence-electron chi connectivity index (χ4n) is 3.90. The van der Waals surface area contributed by atoms with E-state index in [0.29, 0.717) is 31.9 Å². The van der Waals surface area contributed by atoms with Crippen molar-refractivity contribution in [3.8, 4) is 0 Å². The Labute approximate surface area is 199 Å². The molecule has 2 unspecified atom stereocenters. The van der Waals surface area contributed by atoms with Crippen LogP contribution < -0.4 is 5.30 Å². The van der Waals surface area contributed by atoms with Crippen LogP contribution in [0.25, 0.3) is 0 Å². The van der Waals surface area contributed by atoms with Crippen molar-refractivity contribution in [1.82, 2.24) is 9.88 Å². The van der Waals surface area contributed by atoms with Gasteiger partial charge in [-0.3, -0.25) is 9.78 Å². The molecular formula is C24H23F2N2O4PS. The van der Waals surface area contributed by atoms with Crippen molar-refractivity contribution in [2.45, 2.75) is 17.1 Å². The van der Waals surface area contributed by atoms with Crippen molar-refractivity contribution in [2.24, 2.45) is 0 Å². The molecule has 34 heavy (non-hydrogen) atoms. The second-order valence-corrected chi connectivity index (χ2v) is 10.7. The fraction of sp³-hybridized carbons (Fsp3) is 0.250. The van der Waals surface area contributed by atoms with Gasteiger partial charge in [-0.15, -0.1) is 9.24 Å². The van der Waals surface area contributed by atoms with Gasteiger partial charge in [-0.1, -0.05) is 12.1 Å². The third-order valence-electron chi connectivity index (χ3n) is 5.71. The number of aromatic nitrogens is 1. The van der Waals surface area contributed by atoms with Gasteiger partial charge in [-0.25, -0.2) is 17.2 Å². The number of amides is 1. The van der Waals surface area contributed by atoms with Crippen molar-refractivity contribution in [1.29, 1.82) is 0 Å². The summed E-state index contributed by atoms with van der Waals surface area (Å²) >= 11 is 0. The van der Waals surface area contributed by atoms with Crippen LogP contribution in [0.2, 0.25) is 0 Å². The van der Waals surface area contributed by atoms with Crippen LogP contribution in [0.3, 0.4) is 0 Å². The molecule has 4 rings (SSSR count). The van der Waals surface area contributed by atoms with E-state index in [1.54, 1.807) is 24.0 Å². The molecule has 1 aromatic heterocycles. The molecule has 3 aromatic rings. The van der Waals surface area contributed by atoms with Gasteiger partial charge in [0.1, 0.15) is 22.6 Å². The van der Waals surface area contributed by atoms with Crippen LogP contribution in [0.15, 0.2) is 59.6 Å². The number of benzene rings is 2. The second-order valence-electron chi connectivity index (χ2n) is 7.99. The third kappa shape index (κ3) is 4.87. The van der Waals surface area contributed by atoms with Gasteiger partial charge in [0.05, 0.1) is 18.1 Å². The van der Waals surface area contributed by atoms with E-state index < -0.39 is 26.7 Å². The number of nitrogens with zero attached hydrogens (tertiary/aromatic N) is 2. The van der Waals surface area contributed by atoms with Crippen molar-refractivity contribution < 1.29 is 26.7 Å². The number of aryl methyl sites for hydroxylation is 1. The maximum Gasteiger partial charge on any atom is 0.272 e. The van der Waals surface area contributed by atoms with Crippen molar-refractivity contribution >= 4 is 30.3 Å². The highest BCUT2D eigenvalue weighted by atomic mass is 32.2. The molecule has 10 heteroatoms. The predicted molar refractivity (Wildman–Crippen MR) is 127 cm³/mol. The van der Waals surface area contributed by atoms with Crippen LogP contribution in [-0.2, 0) is 14.6 Å². The molecule has 0 radical (unpaired) electrons. The minimum Gasteiger partial charge on any atom is -0.378 e. The molecule has 1 aliphatic heterocycles. The molecule has 6 nitrogen and oxygen atoms in total. The minimum atomic E-state index is -4.21. The number of pyridine rings is 1. The van der Waals surface area contributed by atoms with Gasteiger partial charge in [0, 0.05) is 24.8 Å². The van der Waals surface area contributed by atoms with E-state index in [2.05, 4.69) is 14.2 Å². The zero-order valence-electron chi connectivity index (χ0n) is 18.4. The Morgan fingerprint density at radius 3 is 2.38 bits per heavy atom. The first kappa shape index (κ1) is 24.4. The molecule has 0 N–H and O–H groups in total.